The lowest BCUT2D eigenvalue weighted by Crippen LogP contribution is -2.30. The lowest BCUT2D eigenvalue weighted by atomic mass is 10.2. The number of imidazole rings is 1. The second-order valence-corrected chi connectivity index (χ2v) is 4.28. The SMILES string of the molecule is Cc1ccc(C(=O)NCCCc2ncc[nH]2)c(=O)[nH]1. The quantitative estimate of drug-likeness (QED) is 0.693. The maximum atomic E-state index is 11.8. The number of aryl methyl sites for hydroxylation is 2. The lowest BCUT2D eigenvalue weighted by Gasteiger charge is -2.04. The van der Waals surface area contributed by atoms with E-state index >= 15 is 0 Å². The molecule has 6 heteroatoms. The van der Waals surface area contributed by atoms with Crippen molar-refractivity contribution in [2.75, 3.05) is 6.54 Å². The first-order chi connectivity index (χ1) is 9.16. The molecule has 1 amide bonds. The molecule has 3 N–H and O–H groups in total. The minimum Gasteiger partial charge on any atom is -0.352 e. The number of aromatic nitrogens is 3. The van der Waals surface area contributed by atoms with Crippen LogP contribution in [0.15, 0.2) is 29.3 Å². The fraction of sp³-hybridized carbons (Fsp3) is 0.308. The van der Waals surface area contributed by atoms with Crippen LogP contribution in [0.4, 0.5) is 0 Å². The summed E-state index contributed by atoms with van der Waals surface area (Å²) in [5, 5.41) is 2.72. The number of nitrogens with one attached hydrogen (secondary N) is 3. The fourth-order valence-corrected chi connectivity index (χ4v) is 1.74. The van der Waals surface area contributed by atoms with Crippen molar-refractivity contribution in [2.45, 2.75) is 19.8 Å². The van der Waals surface area contributed by atoms with E-state index in [4.69, 9.17) is 0 Å². The molecule has 2 rings (SSSR count). The zero-order valence-corrected chi connectivity index (χ0v) is 10.7. The smallest absolute Gasteiger partial charge is 0.260 e. The first kappa shape index (κ1) is 13.1. The van der Waals surface area contributed by atoms with Crippen molar-refractivity contribution >= 4 is 5.91 Å². The van der Waals surface area contributed by atoms with Crippen molar-refractivity contribution in [3.05, 3.63) is 52.0 Å². The molecule has 0 aliphatic rings. The van der Waals surface area contributed by atoms with Gasteiger partial charge in [-0.1, -0.05) is 0 Å². The van der Waals surface area contributed by atoms with Crippen LogP contribution in [0.5, 0.6) is 0 Å². The topological polar surface area (TPSA) is 90.6 Å². The van der Waals surface area contributed by atoms with Crippen LogP contribution in [0.2, 0.25) is 0 Å². The molecule has 0 saturated carbocycles. The predicted molar refractivity (Wildman–Crippen MR) is 71.0 cm³/mol. The summed E-state index contributed by atoms with van der Waals surface area (Å²) in [6.45, 7) is 2.28. The van der Waals surface area contributed by atoms with Gasteiger partial charge in [-0.25, -0.2) is 4.98 Å². The van der Waals surface area contributed by atoms with E-state index in [1.807, 2.05) is 0 Å². The average Bonchev–Trinajstić information content (AvgIpc) is 2.87. The molecule has 0 spiro atoms. The summed E-state index contributed by atoms with van der Waals surface area (Å²) in [7, 11) is 0. The minimum atomic E-state index is -0.358. The average molecular weight is 260 g/mol. The second kappa shape index (κ2) is 5.99. The van der Waals surface area contributed by atoms with Gasteiger partial charge in [-0.15, -0.1) is 0 Å². The summed E-state index contributed by atoms with van der Waals surface area (Å²) in [5.41, 5.74) is 0.520. The highest BCUT2D eigenvalue weighted by Gasteiger charge is 2.09. The second-order valence-electron chi connectivity index (χ2n) is 4.28. The van der Waals surface area contributed by atoms with Gasteiger partial charge in [-0.05, 0) is 25.5 Å². The van der Waals surface area contributed by atoms with Crippen LogP contribution in [0, 0.1) is 6.92 Å². The highest BCUT2D eigenvalue weighted by Crippen LogP contribution is 1.96. The maximum absolute atomic E-state index is 11.8. The Morgan fingerprint density at radius 1 is 1.42 bits per heavy atom. The summed E-state index contributed by atoms with van der Waals surface area (Å²) < 4.78 is 0. The Morgan fingerprint density at radius 3 is 2.95 bits per heavy atom. The zero-order valence-electron chi connectivity index (χ0n) is 10.7. The molecule has 0 radical (unpaired) electrons. The van der Waals surface area contributed by atoms with Crippen LogP contribution >= 0.6 is 0 Å². The van der Waals surface area contributed by atoms with E-state index in [1.165, 1.54) is 6.07 Å². The van der Waals surface area contributed by atoms with E-state index in [2.05, 4.69) is 20.3 Å². The number of hydrogen-bond acceptors (Lipinski definition) is 3. The van der Waals surface area contributed by atoms with Gasteiger partial charge >= 0.3 is 0 Å². The van der Waals surface area contributed by atoms with Crippen LogP contribution in [0.3, 0.4) is 0 Å². The Morgan fingerprint density at radius 2 is 2.26 bits per heavy atom. The van der Waals surface area contributed by atoms with Gasteiger partial charge in [0.2, 0.25) is 0 Å². The minimum absolute atomic E-state index is 0.142. The van der Waals surface area contributed by atoms with E-state index < -0.39 is 0 Å². The number of carbonyl (C=O) groups is 1. The van der Waals surface area contributed by atoms with Crippen molar-refractivity contribution in [1.82, 2.24) is 20.3 Å². The Labute approximate surface area is 110 Å². The number of amides is 1. The van der Waals surface area contributed by atoms with Crippen molar-refractivity contribution in [2.24, 2.45) is 0 Å². The number of aromatic amines is 2. The monoisotopic (exact) mass is 260 g/mol. The van der Waals surface area contributed by atoms with Crippen LogP contribution in [-0.2, 0) is 6.42 Å². The Balaban J connectivity index is 1.82. The molecule has 0 aliphatic heterocycles. The third-order valence-corrected chi connectivity index (χ3v) is 2.73. The number of H-pyrrole nitrogens is 2. The molecule has 2 aromatic heterocycles. The van der Waals surface area contributed by atoms with Gasteiger partial charge in [0, 0.05) is 31.1 Å². The molecule has 0 unspecified atom stereocenters. The lowest BCUT2D eigenvalue weighted by molar-refractivity contribution is 0.0951. The largest absolute Gasteiger partial charge is 0.352 e. The van der Waals surface area contributed by atoms with Crippen molar-refractivity contribution in [3.63, 3.8) is 0 Å². The van der Waals surface area contributed by atoms with E-state index in [-0.39, 0.29) is 17.0 Å². The normalized spacial score (nSPS) is 10.4. The molecule has 0 bridgehead atoms. The van der Waals surface area contributed by atoms with Gasteiger partial charge in [0.05, 0.1) is 0 Å². The van der Waals surface area contributed by atoms with E-state index in [0.717, 1.165) is 24.4 Å². The van der Waals surface area contributed by atoms with Gasteiger partial charge < -0.3 is 15.3 Å². The summed E-state index contributed by atoms with van der Waals surface area (Å²) in [5.74, 6) is 0.545. The summed E-state index contributed by atoms with van der Waals surface area (Å²) >= 11 is 0. The van der Waals surface area contributed by atoms with Gasteiger partial charge in [-0.2, -0.15) is 0 Å². The predicted octanol–water partition coefficient (Wildman–Crippen LogP) is 0.769. The van der Waals surface area contributed by atoms with Crippen LogP contribution in [0.1, 0.15) is 28.3 Å². The molecule has 2 aromatic rings. The third kappa shape index (κ3) is 3.54. The number of carbonyl (C=O) groups excluding carboxylic acids is 1. The molecule has 0 aromatic carbocycles. The van der Waals surface area contributed by atoms with Crippen molar-refractivity contribution in [3.8, 4) is 0 Å². The number of pyridine rings is 1. The molecule has 100 valence electrons. The van der Waals surface area contributed by atoms with Crippen molar-refractivity contribution < 1.29 is 4.79 Å². The van der Waals surface area contributed by atoms with Crippen molar-refractivity contribution in [1.29, 1.82) is 0 Å². The fourth-order valence-electron chi connectivity index (χ4n) is 1.74. The number of rotatable bonds is 5. The Kier molecular flexibility index (Phi) is 4.12. The molecule has 0 fully saturated rings. The number of hydrogen-bond donors (Lipinski definition) is 3. The van der Waals surface area contributed by atoms with Gasteiger partial charge in [0.1, 0.15) is 11.4 Å². The van der Waals surface area contributed by atoms with E-state index in [1.54, 1.807) is 25.4 Å². The van der Waals surface area contributed by atoms with Crippen LogP contribution in [0.25, 0.3) is 0 Å². The van der Waals surface area contributed by atoms with Crippen LogP contribution < -0.4 is 10.9 Å². The highest BCUT2D eigenvalue weighted by atomic mass is 16.2. The molecular weight excluding hydrogens is 244 g/mol. The number of nitrogens with zero attached hydrogens (tertiary/aromatic N) is 1. The molecule has 0 saturated heterocycles. The molecule has 19 heavy (non-hydrogen) atoms. The molecule has 6 nitrogen and oxygen atoms in total. The summed E-state index contributed by atoms with van der Waals surface area (Å²) in [4.78, 5) is 33.0. The van der Waals surface area contributed by atoms with E-state index in [9.17, 15) is 9.59 Å². The molecule has 0 aliphatic carbocycles. The Hall–Kier alpha value is -2.37. The summed E-state index contributed by atoms with van der Waals surface area (Å²) in [6.07, 6.45) is 4.99. The standard InChI is InChI=1S/C13H16N4O2/c1-9-4-5-10(13(19)17-9)12(18)16-6-2-3-11-14-7-8-15-11/h4-5,7-8H,2-3,6H2,1H3,(H,14,15)(H,16,18)(H,17,19). The molecule has 0 atom stereocenters. The van der Waals surface area contributed by atoms with Gasteiger partial charge in [-0.3, -0.25) is 9.59 Å². The maximum Gasteiger partial charge on any atom is 0.260 e. The third-order valence-electron chi connectivity index (χ3n) is 2.73. The van der Waals surface area contributed by atoms with E-state index in [0.29, 0.717) is 6.54 Å². The van der Waals surface area contributed by atoms with Gasteiger partial charge in [0.15, 0.2) is 0 Å². The van der Waals surface area contributed by atoms with Gasteiger partial charge in [0.25, 0.3) is 11.5 Å². The first-order valence-electron chi connectivity index (χ1n) is 6.13. The molecular formula is C13H16N4O2. The highest BCUT2D eigenvalue weighted by molar-refractivity contribution is 5.93. The first-order valence-corrected chi connectivity index (χ1v) is 6.13. The summed E-state index contributed by atoms with van der Waals surface area (Å²) in [6, 6.07) is 3.25. The molecule has 2 heterocycles. The Bertz CT molecular complexity index is 601. The van der Waals surface area contributed by atoms with Crippen LogP contribution in [-0.4, -0.2) is 27.4 Å². The zero-order chi connectivity index (χ0) is 13.7.